The molecule has 3 N–H and O–H groups in total. The van der Waals surface area contributed by atoms with E-state index >= 15 is 0 Å². The van der Waals surface area contributed by atoms with Crippen molar-refractivity contribution >= 4 is 6.29 Å². The van der Waals surface area contributed by atoms with E-state index in [1.165, 1.54) is 0 Å². The van der Waals surface area contributed by atoms with E-state index in [0.29, 0.717) is 22.3 Å². The second-order valence-electron chi connectivity index (χ2n) is 8.77. The zero-order valence-electron chi connectivity index (χ0n) is 15.2. The molecule has 0 aromatic heterocycles. The monoisotopic (exact) mass is 332 g/mol. The van der Waals surface area contributed by atoms with Crippen molar-refractivity contribution in [2.45, 2.75) is 71.3 Å². The van der Waals surface area contributed by atoms with Gasteiger partial charge in [0.1, 0.15) is 0 Å². The van der Waals surface area contributed by atoms with Crippen LogP contribution in [0.3, 0.4) is 0 Å². The molecular formula is C20H28O4. The van der Waals surface area contributed by atoms with Crippen molar-refractivity contribution in [1.82, 2.24) is 0 Å². The molecule has 1 aromatic carbocycles. The number of aromatic hydroxyl groups is 2. The third-order valence-corrected chi connectivity index (χ3v) is 6.49. The molecule has 4 nitrogen and oxygen atoms in total. The van der Waals surface area contributed by atoms with E-state index in [1.807, 2.05) is 13.8 Å². The van der Waals surface area contributed by atoms with Gasteiger partial charge in [-0.3, -0.25) is 4.79 Å². The fourth-order valence-electron chi connectivity index (χ4n) is 5.69. The van der Waals surface area contributed by atoms with Crippen molar-refractivity contribution in [2.75, 3.05) is 0 Å². The predicted octanol–water partition coefficient (Wildman–Crippen LogP) is 4.16. The maximum atomic E-state index is 11.9. The quantitative estimate of drug-likeness (QED) is 0.561. The van der Waals surface area contributed by atoms with Crippen LogP contribution in [0.4, 0.5) is 0 Å². The van der Waals surface area contributed by atoms with E-state index in [1.54, 1.807) is 0 Å². The number of aliphatic hydroxyl groups is 1. The highest BCUT2D eigenvalue weighted by Gasteiger charge is 2.59. The van der Waals surface area contributed by atoms with E-state index < -0.39 is 11.5 Å². The third-order valence-electron chi connectivity index (χ3n) is 6.49. The molecule has 0 spiro atoms. The molecule has 3 rings (SSSR count). The number of aliphatic hydroxyl groups excluding tert-OH is 1. The maximum absolute atomic E-state index is 11.9. The van der Waals surface area contributed by atoms with E-state index in [0.717, 1.165) is 25.5 Å². The fraction of sp³-hybridized carbons (Fsp3) is 0.650. The van der Waals surface area contributed by atoms with Crippen molar-refractivity contribution in [3.63, 3.8) is 0 Å². The molecule has 0 aliphatic heterocycles. The molecule has 0 amide bonds. The molecule has 2 aliphatic rings. The van der Waals surface area contributed by atoms with Crippen LogP contribution in [0.15, 0.2) is 0 Å². The van der Waals surface area contributed by atoms with E-state index in [-0.39, 0.29) is 28.7 Å². The first kappa shape index (κ1) is 17.3. The molecule has 1 fully saturated rings. The molecule has 0 bridgehead atoms. The summed E-state index contributed by atoms with van der Waals surface area (Å²) in [5.74, 6) is -0.568. The van der Waals surface area contributed by atoms with Crippen molar-refractivity contribution in [1.29, 1.82) is 0 Å². The Labute approximate surface area is 143 Å². The van der Waals surface area contributed by atoms with Gasteiger partial charge in [0, 0.05) is 28.0 Å². The first-order valence-electron chi connectivity index (χ1n) is 8.83. The Bertz CT molecular complexity index is 704. The summed E-state index contributed by atoms with van der Waals surface area (Å²) in [6.07, 6.45) is 2.75. The number of aldehydes is 1. The van der Waals surface area contributed by atoms with Crippen molar-refractivity contribution in [2.24, 2.45) is 11.3 Å². The zero-order valence-corrected chi connectivity index (χ0v) is 15.2. The van der Waals surface area contributed by atoms with E-state index in [4.69, 9.17) is 0 Å². The summed E-state index contributed by atoms with van der Waals surface area (Å²) in [5.41, 5.74) is 1.36. The molecular weight excluding hydrogens is 304 g/mol. The number of hydrogen-bond donors (Lipinski definition) is 3. The van der Waals surface area contributed by atoms with Crippen LogP contribution in [-0.4, -0.2) is 21.6 Å². The van der Waals surface area contributed by atoms with Gasteiger partial charge in [0.25, 0.3) is 0 Å². The van der Waals surface area contributed by atoms with Crippen LogP contribution in [0.1, 0.15) is 93.0 Å². The van der Waals surface area contributed by atoms with Gasteiger partial charge >= 0.3 is 0 Å². The molecule has 132 valence electrons. The number of benzene rings is 1. The normalized spacial score (nSPS) is 31.0. The molecule has 1 aromatic rings. The Morgan fingerprint density at radius 1 is 1.12 bits per heavy atom. The van der Waals surface area contributed by atoms with Crippen LogP contribution in [0.2, 0.25) is 0 Å². The number of phenols is 2. The second kappa shape index (κ2) is 5.22. The smallest absolute Gasteiger partial charge is 0.162 e. The maximum Gasteiger partial charge on any atom is 0.162 e. The molecule has 4 heteroatoms. The van der Waals surface area contributed by atoms with Gasteiger partial charge in [-0.2, -0.15) is 0 Å². The van der Waals surface area contributed by atoms with Gasteiger partial charge in [-0.05, 0) is 29.7 Å². The summed E-state index contributed by atoms with van der Waals surface area (Å²) in [4.78, 5) is 11.9. The van der Waals surface area contributed by atoms with Crippen LogP contribution < -0.4 is 0 Å². The van der Waals surface area contributed by atoms with E-state index in [2.05, 4.69) is 20.8 Å². The van der Waals surface area contributed by atoms with Gasteiger partial charge < -0.3 is 15.3 Å². The topological polar surface area (TPSA) is 77.8 Å². The highest BCUT2D eigenvalue weighted by Crippen LogP contribution is 2.66. The molecule has 3 atom stereocenters. The van der Waals surface area contributed by atoms with Gasteiger partial charge in [0.15, 0.2) is 17.8 Å². The Morgan fingerprint density at radius 3 is 2.29 bits per heavy atom. The van der Waals surface area contributed by atoms with Crippen LogP contribution >= 0.6 is 0 Å². The Hall–Kier alpha value is -1.55. The van der Waals surface area contributed by atoms with E-state index in [9.17, 15) is 20.1 Å². The summed E-state index contributed by atoms with van der Waals surface area (Å²) >= 11 is 0. The van der Waals surface area contributed by atoms with Crippen molar-refractivity contribution in [3.8, 4) is 11.5 Å². The third kappa shape index (κ3) is 1.98. The average molecular weight is 332 g/mol. The number of hydrogen-bond acceptors (Lipinski definition) is 4. The second-order valence-corrected chi connectivity index (χ2v) is 8.77. The number of phenolic OH excluding ortho intramolecular Hbond substituents is 2. The van der Waals surface area contributed by atoms with Crippen LogP contribution in [0.25, 0.3) is 0 Å². The molecule has 0 saturated heterocycles. The summed E-state index contributed by atoms with van der Waals surface area (Å²) in [7, 11) is 0. The highest BCUT2D eigenvalue weighted by molar-refractivity contribution is 5.86. The Kier molecular flexibility index (Phi) is 3.76. The summed E-state index contributed by atoms with van der Waals surface area (Å²) in [6.45, 7) is 10.1. The first-order chi connectivity index (χ1) is 11.1. The van der Waals surface area contributed by atoms with Crippen LogP contribution in [0.5, 0.6) is 11.5 Å². The van der Waals surface area contributed by atoms with Gasteiger partial charge in [-0.25, -0.2) is 0 Å². The predicted molar refractivity (Wildman–Crippen MR) is 92.7 cm³/mol. The lowest BCUT2D eigenvalue weighted by Gasteiger charge is -2.48. The highest BCUT2D eigenvalue weighted by atomic mass is 16.3. The first-order valence-corrected chi connectivity index (χ1v) is 8.83. The van der Waals surface area contributed by atoms with Crippen molar-refractivity contribution in [3.05, 3.63) is 22.3 Å². The van der Waals surface area contributed by atoms with Crippen molar-refractivity contribution < 1.29 is 20.1 Å². The Morgan fingerprint density at radius 2 is 1.75 bits per heavy atom. The molecule has 1 saturated carbocycles. The molecule has 2 aliphatic carbocycles. The number of rotatable bonds is 2. The SMILES string of the molecule is CC(C)c1c(O)c(O)c2c(c1C=O)C(O)C1C(C)(C)CCCC21C. The standard InChI is InChI=1S/C20H28O4/c1-10(2)12-11(9-21)13-14(17(24)15(12)22)20(5)8-6-7-19(3,4)18(20)16(13)23/h9-10,16,18,22-24H,6-8H2,1-5H3. The average Bonchev–Trinajstić information content (AvgIpc) is 2.71. The van der Waals surface area contributed by atoms with Gasteiger partial charge in [0.05, 0.1) is 6.10 Å². The minimum absolute atomic E-state index is 0.0832. The lowest BCUT2D eigenvalue weighted by Crippen LogP contribution is -2.43. The summed E-state index contributed by atoms with van der Waals surface area (Å²) < 4.78 is 0. The van der Waals surface area contributed by atoms with Gasteiger partial charge in [0.2, 0.25) is 0 Å². The number of carbonyl (C=O) groups excluding carboxylic acids is 1. The number of fused-ring (bicyclic) bond motifs is 3. The summed E-state index contributed by atoms with van der Waals surface area (Å²) in [5, 5.41) is 32.5. The molecule has 3 unspecified atom stereocenters. The lowest BCUT2D eigenvalue weighted by molar-refractivity contribution is -0.0276. The molecule has 0 heterocycles. The lowest BCUT2D eigenvalue weighted by atomic mass is 9.56. The number of carbonyl (C=O) groups is 1. The van der Waals surface area contributed by atoms with Crippen LogP contribution in [0, 0.1) is 11.3 Å². The van der Waals surface area contributed by atoms with Gasteiger partial charge in [-0.15, -0.1) is 0 Å². The largest absolute Gasteiger partial charge is 0.504 e. The minimum Gasteiger partial charge on any atom is -0.504 e. The van der Waals surface area contributed by atoms with Crippen LogP contribution in [-0.2, 0) is 5.41 Å². The minimum atomic E-state index is -0.801. The van der Waals surface area contributed by atoms with Gasteiger partial charge in [-0.1, -0.05) is 41.0 Å². The zero-order chi connectivity index (χ0) is 18.0. The Balaban J connectivity index is 2.40. The fourth-order valence-corrected chi connectivity index (χ4v) is 5.69. The molecule has 24 heavy (non-hydrogen) atoms. The summed E-state index contributed by atoms with van der Waals surface area (Å²) in [6, 6.07) is 0. The molecule has 0 radical (unpaired) electrons.